The SMILES string of the molecule is COC(=O)c1c(-c2ccc3ccn(Cc4ccc(F)cc4)c3c2)nn(-c2ccccc2)c1C(=O)OC. The van der Waals surface area contributed by atoms with Gasteiger partial charge in [0.2, 0.25) is 0 Å². The van der Waals surface area contributed by atoms with Crippen LogP contribution >= 0.6 is 0 Å². The molecule has 0 saturated carbocycles. The number of fused-ring (bicyclic) bond motifs is 1. The van der Waals surface area contributed by atoms with Crippen LogP contribution in [0.25, 0.3) is 27.8 Å². The third-order valence-electron chi connectivity index (χ3n) is 5.97. The molecule has 0 bridgehead atoms. The van der Waals surface area contributed by atoms with Crippen molar-refractivity contribution >= 4 is 22.8 Å². The van der Waals surface area contributed by atoms with E-state index in [1.54, 1.807) is 24.3 Å². The molecule has 0 radical (unpaired) electrons. The molecule has 36 heavy (non-hydrogen) atoms. The summed E-state index contributed by atoms with van der Waals surface area (Å²) in [5.74, 6) is -1.70. The van der Waals surface area contributed by atoms with Crippen molar-refractivity contribution in [3.63, 3.8) is 0 Å². The molecule has 0 atom stereocenters. The Morgan fingerprint density at radius 3 is 2.31 bits per heavy atom. The van der Waals surface area contributed by atoms with Gasteiger partial charge in [0.25, 0.3) is 0 Å². The highest BCUT2D eigenvalue weighted by Gasteiger charge is 2.31. The first-order valence-electron chi connectivity index (χ1n) is 11.2. The van der Waals surface area contributed by atoms with Gasteiger partial charge < -0.3 is 14.0 Å². The Bertz CT molecular complexity index is 1570. The average Bonchev–Trinajstić information content (AvgIpc) is 3.51. The summed E-state index contributed by atoms with van der Waals surface area (Å²) in [7, 11) is 2.50. The highest BCUT2D eigenvalue weighted by atomic mass is 19.1. The van der Waals surface area contributed by atoms with Crippen molar-refractivity contribution in [2.75, 3.05) is 14.2 Å². The fourth-order valence-electron chi connectivity index (χ4n) is 4.21. The van der Waals surface area contributed by atoms with Crippen LogP contribution in [0.5, 0.6) is 0 Å². The first-order chi connectivity index (χ1) is 17.5. The van der Waals surface area contributed by atoms with Gasteiger partial charge in [-0.05, 0) is 47.3 Å². The van der Waals surface area contributed by atoms with Gasteiger partial charge >= 0.3 is 11.9 Å². The van der Waals surface area contributed by atoms with Gasteiger partial charge in [-0.2, -0.15) is 5.10 Å². The Hall–Kier alpha value is -4.72. The van der Waals surface area contributed by atoms with Crippen LogP contribution in [0.3, 0.4) is 0 Å². The summed E-state index contributed by atoms with van der Waals surface area (Å²) < 4.78 is 26.8. The fourth-order valence-corrected chi connectivity index (χ4v) is 4.21. The minimum absolute atomic E-state index is 0.0178. The predicted molar refractivity (Wildman–Crippen MR) is 133 cm³/mol. The summed E-state index contributed by atoms with van der Waals surface area (Å²) in [4.78, 5) is 25.7. The Labute approximate surface area is 206 Å². The average molecular weight is 483 g/mol. The summed E-state index contributed by atoms with van der Waals surface area (Å²) in [5, 5.41) is 5.65. The first-order valence-corrected chi connectivity index (χ1v) is 11.2. The van der Waals surface area contributed by atoms with E-state index in [2.05, 4.69) is 5.10 Å². The normalized spacial score (nSPS) is 11.0. The van der Waals surface area contributed by atoms with E-state index in [1.807, 2.05) is 53.2 Å². The van der Waals surface area contributed by atoms with E-state index in [9.17, 15) is 14.0 Å². The van der Waals surface area contributed by atoms with Gasteiger partial charge in [0.1, 0.15) is 17.1 Å². The highest BCUT2D eigenvalue weighted by Crippen LogP contribution is 2.31. The van der Waals surface area contributed by atoms with E-state index in [0.717, 1.165) is 16.5 Å². The summed E-state index contributed by atoms with van der Waals surface area (Å²) in [6.45, 7) is 0.531. The largest absolute Gasteiger partial charge is 0.465 e. The maximum absolute atomic E-state index is 13.3. The van der Waals surface area contributed by atoms with E-state index in [4.69, 9.17) is 9.47 Å². The van der Waals surface area contributed by atoms with Crippen LogP contribution < -0.4 is 0 Å². The number of ether oxygens (including phenoxy) is 2. The molecule has 0 unspecified atom stereocenters. The lowest BCUT2D eigenvalue weighted by molar-refractivity contribution is 0.0549. The third kappa shape index (κ3) is 4.13. The maximum Gasteiger partial charge on any atom is 0.357 e. The zero-order chi connectivity index (χ0) is 25.2. The molecule has 0 aliphatic carbocycles. The number of aromatic nitrogens is 3. The fraction of sp³-hybridized carbons (Fsp3) is 0.107. The zero-order valence-corrected chi connectivity index (χ0v) is 19.6. The lowest BCUT2D eigenvalue weighted by atomic mass is 10.0. The van der Waals surface area contributed by atoms with Gasteiger partial charge in [-0.1, -0.05) is 42.5 Å². The van der Waals surface area contributed by atoms with Gasteiger partial charge in [-0.25, -0.2) is 18.7 Å². The minimum Gasteiger partial charge on any atom is -0.465 e. The summed E-state index contributed by atoms with van der Waals surface area (Å²) in [5.41, 5.74) is 3.34. The van der Waals surface area contributed by atoms with E-state index in [-0.39, 0.29) is 17.1 Å². The van der Waals surface area contributed by atoms with Gasteiger partial charge in [-0.15, -0.1) is 0 Å². The quantitative estimate of drug-likeness (QED) is 0.308. The monoisotopic (exact) mass is 483 g/mol. The van der Waals surface area contributed by atoms with Crippen molar-refractivity contribution in [3.8, 4) is 16.9 Å². The van der Waals surface area contributed by atoms with E-state index in [0.29, 0.717) is 23.5 Å². The molecule has 7 nitrogen and oxygen atoms in total. The lowest BCUT2D eigenvalue weighted by Gasteiger charge is -2.08. The third-order valence-corrected chi connectivity index (χ3v) is 5.97. The molecule has 0 N–H and O–H groups in total. The van der Waals surface area contributed by atoms with Crippen LogP contribution in [0.2, 0.25) is 0 Å². The van der Waals surface area contributed by atoms with Crippen LogP contribution in [-0.4, -0.2) is 40.5 Å². The zero-order valence-electron chi connectivity index (χ0n) is 19.6. The number of rotatable bonds is 6. The van der Waals surface area contributed by atoms with E-state index >= 15 is 0 Å². The summed E-state index contributed by atoms with van der Waals surface area (Å²) in [6.07, 6.45) is 1.95. The molecule has 0 aliphatic rings. The van der Waals surface area contributed by atoms with Crippen molar-refractivity contribution < 1.29 is 23.5 Å². The van der Waals surface area contributed by atoms with Crippen molar-refractivity contribution in [1.29, 1.82) is 0 Å². The number of carbonyl (C=O) groups excluding carboxylic acids is 2. The Kier molecular flexibility index (Phi) is 6.08. The first kappa shape index (κ1) is 23.0. The molecule has 0 saturated heterocycles. The van der Waals surface area contributed by atoms with Crippen molar-refractivity contribution in [3.05, 3.63) is 108 Å². The second kappa shape index (κ2) is 9.50. The molecule has 0 spiro atoms. The summed E-state index contributed by atoms with van der Waals surface area (Å²) >= 11 is 0. The molecule has 3 aromatic carbocycles. The second-order valence-corrected chi connectivity index (χ2v) is 8.15. The lowest BCUT2D eigenvalue weighted by Crippen LogP contribution is -2.15. The number of para-hydroxylation sites is 1. The van der Waals surface area contributed by atoms with Crippen LogP contribution in [0.15, 0.2) is 85.1 Å². The van der Waals surface area contributed by atoms with Crippen molar-refractivity contribution in [1.82, 2.24) is 14.3 Å². The Morgan fingerprint density at radius 2 is 1.61 bits per heavy atom. The van der Waals surface area contributed by atoms with E-state index < -0.39 is 11.9 Å². The number of nitrogens with zero attached hydrogens (tertiary/aromatic N) is 3. The minimum atomic E-state index is -0.709. The van der Waals surface area contributed by atoms with Gasteiger partial charge in [-0.3, -0.25) is 0 Å². The summed E-state index contributed by atoms with van der Waals surface area (Å²) in [6, 6.07) is 23.0. The van der Waals surface area contributed by atoms with E-state index in [1.165, 1.54) is 31.0 Å². The molecular formula is C28H22FN3O4. The van der Waals surface area contributed by atoms with Gasteiger partial charge in [0, 0.05) is 23.8 Å². The van der Waals surface area contributed by atoms with Gasteiger partial charge in [0.15, 0.2) is 5.69 Å². The van der Waals surface area contributed by atoms with Crippen LogP contribution in [0, 0.1) is 5.82 Å². The van der Waals surface area contributed by atoms with Crippen LogP contribution in [0.4, 0.5) is 4.39 Å². The highest BCUT2D eigenvalue weighted by molar-refractivity contribution is 6.07. The molecular weight excluding hydrogens is 461 g/mol. The molecule has 2 heterocycles. The molecule has 0 fully saturated rings. The number of halogens is 1. The van der Waals surface area contributed by atoms with Crippen LogP contribution in [-0.2, 0) is 16.0 Å². The second-order valence-electron chi connectivity index (χ2n) is 8.15. The van der Waals surface area contributed by atoms with Crippen LogP contribution in [0.1, 0.15) is 26.4 Å². The van der Waals surface area contributed by atoms with Gasteiger partial charge in [0.05, 0.1) is 19.9 Å². The maximum atomic E-state index is 13.3. The standard InChI is InChI=1S/C28H22FN3O4/c1-35-27(33)24-25(30-32(26(24)28(34)36-2)22-6-4-3-5-7-22)20-11-10-19-14-15-31(23(19)16-20)17-18-8-12-21(29)13-9-18/h3-16H,17H2,1-2H3. The number of hydrogen-bond acceptors (Lipinski definition) is 5. The smallest absolute Gasteiger partial charge is 0.357 e. The van der Waals surface area contributed by atoms with Crippen molar-refractivity contribution in [2.24, 2.45) is 0 Å². The number of esters is 2. The molecule has 5 aromatic rings. The molecule has 2 aromatic heterocycles. The number of methoxy groups -OCH3 is 2. The topological polar surface area (TPSA) is 75.4 Å². The Morgan fingerprint density at radius 1 is 0.889 bits per heavy atom. The molecule has 5 rings (SSSR count). The molecule has 180 valence electrons. The Balaban J connectivity index is 1.69. The van der Waals surface area contributed by atoms with Crippen molar-refractivity contribution in [2.45, 2.75) is 6.54 Å². The number of hydrogen-bond donors (Lipinski definition) is 0. The molecule has 8 heteroatoms. The number of benzene rings is 3. The predicted octanol–water partition coefficient (Wildman–Crippen LogP) is 5.25. The molecule has 0 amide bonds. The molecule has 0 aliphatic heterocycles. The number of carbonyl (C=O) groups is 2.